The number of aromatic nitrogens is 2. The first kappa shape index (κ1) is 40.1. The fourth-order valence-electron chi connectivity index (χ4n) is 4.92. The highest BCUT2D eigenvalue weighted by Crippen LogP contribution is 2.30. The molecule has 12 heteroatoms. The first-order valence-electron chi connectivity index (χ1n) is 16.3. The molecule has 2 heterocycles. The molecule has 0 aliphatic rings. The number of hydrogen-bond donors (Lipinski definition) is 3. The number of methoxy groups -OCH3 is 2. The Morgan fingerprint density at radius 3 is 1.66 bits per heavy atom. The lowest BCUT2D eigenvalue weighted by molar-refractivity contribution is -0.239. The molecule has 0 saturated carbocycles. The zero-order valence-electron chi connectivity index (χ0n) is 29.3. The highest BCUT2D eigenvalue weighted by molar-refractivity contribution is 6.29. The van der Waals surface area contributed by atoms with E-state index in [1.54, 1.807) is 32.7 Å². The van der Waals surface area contributed by atoms with Crippen LogP contribution in [0.3, 0.4) is 0 Å². The van der Waals surface area contributed by atoms with E-state index in [-0.39, 0.29) is 0 Å². The first-order chi connectivity index (χ1) is 22.8. The lowest BCUT2D eigenvalue weighted by Gasteiger charge is -2.34. The van der Waals surface area contributed by atoms with Crippen LogP contribution in [0.4, 0.5) is 5.82 Å². The van der Waals surface area contributed by atoms with Gasteiger partial charge in [0.15, 0.2) is 0 Å². The van der Waals surface area contributed by atoms with Gasteiger partial charge in [0.2, 0.25) is 11.6 Å². The smallest absolute Gasteiger partial charge is 0.207 e. The van der Waals surface area contributed by atoms with Crippen LogP contribution in [0, 0.1) is 0 Å². The molecular formula is C35H54ClN5O6. The van der Waals surface area contributed by atoms with Crippen molar-refractivity contribution in [2.45, 2.75) is 59.7 Å². The van der Waals surface area contributed by atoms with E-state index < -0.39 is 11.6 Å². The lowest BCUT2D eigenvalue weighted by Crippen LogP contribution is -2.43. The number of anilines is 1. The zero-order chi connectivity index (χ0) is 34.5. The molecule has 3 aromatic rings. The predicted molar refractivity (Wildman–Crippen MR) is 187 cm³/mol. The molecule has 11 nitrogen and oxygen atoms in total. The number of likely N-dealkylation sites (N-methyl/N-ethyl adjacent to an activating group) is 2. The number of nitrogens with zero attached hydrogens (tertiary/aromatic N) is 2. The van der Waals surface area contributed by atoms with Crippen LogP contribution in [-0.4, -0.2) is 76.8 Å². The molecule has 3 rings (SSSR count). The quantitative estimate of drug-likeness (QED) is 0.0896. The summed E-state index contributed by atoms with van der Waals surface area (Å²) in [5, 5.41) is 10.4. The Bertz CT molecular complexity index is 1290. The highest BCUT2D eigenvalue weighted by Gasteiger charge is 2.35. The summed E-state index contributed by atoms with van der Waals surface area (Å²) in [5.74, 6) is 0.606. The van der Waals surface area contributed by atoms with Crippen LogP contribution in [0.15, 0.2) is 54.9 Å². The fourth-order valence-corrected chi connectivity index (χ4v) is 5.10. The Labute approximate surface area is 286 Å². The molecule has 47 heavy (non-hydrogen) atoms. The molecule has 0 fully saturated rings. The number of halogens is 1. The fraction of sp³-hybridized carbons (Fsp3) is 0.543. The number of pyridine rings is 2. The van der Waals surface area contributed by atoms with E-state index in [0.29, 0.717) is 51.2 Å². The van der Waals surface area contributed by atoms with Gasteiger partial charge in [-0.1, -0.05) is 25.4 Å². The van der Waals surface area contributed by atoms with E-state index in [4.69, 9.17) is 40.0 Å². The second-order valence-corrected chi connectivity index (χ2v) is 10.5. The molecule has 0 spiro atoms. The maximum absolute atomic E-state index is 6.06. The lowest BCUT2D eigenvalue weighted by atomic mass is 10.1. The minimum atomic E-state index is -0.851. The van der Waals surface area contributed by atoms with Crippen molar-refractivity contribution in [1.82, 2.24) is 20.6 Å². The number of benzene rings is 1. The largest absolute Gasteiger partial charge is 0.497 e. The summed E-state index contributed by atoms with van der Waals surface area (Å²) in [4.78, 5) is 8.44. The number of rotatable bonds is 21. The molecular weight excluding hydrogens is 622 g/mol. The molecule has 3 N–H and O–H groups in total. The van der Waals surface area contributed by atoms with Gasteiger partial charge in [-0.25, -0.2) is 9.97 Å². The van der Waals surface area contributed by atoms with Gasteiger partial charge in [-0.15, -0.1) is 0 Å². The van der Waals surface area contributed by atoms with E-state index in [1.165, 1.54) is 0 Å². The second kappa shape index (κ2) is 21.8. The zero-order valence-corrected chi connectivity index (χ0v) is 30.0. The molecule has 0 bridgehead atoms. The van der Waals surface area contributed by atoms with E-state index in [2.05, 4.69) is 32.8 Å². The van der Waals surface area contributed by atoms with Gasteiger partial charge < -0.3 is 44.4 Å². The number of ether oxygens (including phenoxy) is 6. The normalized spacial score (nSPS) is 11.5. The summed E-state index contributed by atoms with van der Waals surface area (Å²) in [5.41, 5.74) is 2.81. The van der Waals surface area contributed by atoms with Crippen LogP contribution in [-0.2, 0) is 37.1 Å². The van der Waals surface area contributed by atoms with Crippen LogP contribution in [0.25, 0.3) is 0 Å². The summed E-state index contributed by atoms with van der Waals surface area (Å²) in [7, 11) is 3.29. The van der Waals surface area contributed by atoms with Crippen molar-refractivity contribution >= 4 is 17.4 Å². The van der Waals surface area contributed by atoms with Gasteiger partial charge >= 0.3 is 0 Å². The van der Waals surface area contributed by atoms with Crippen molar-refractivity contribution in [3.8, 4) is 11.5 Å². The third kappa shape index (κ3) is 12.2. The van der Waals surface area contributed by atoms with E-state index >= 15 is 0 Å². The highest BCUT2D eigenvalue weighted by atomic mass is 35.5. The Balaban J connectivity index is 0.000000366. The van der Waals surface area contributed by atoms with Crippen LogP contribution in [0.1, 0.15) is 58.2 Å². The summed E-state index contributed by atoms with van der Waals surface area (Å²) in [6, 6.07) is 13.3. The average Bonchev–Trinajstić information content (AvgIpc) is 3.09. The topological polar surface area (TPSA) is 117 Å². The standard InChI is InChI=1S/C22H33N3O4.C13H21ClN2O2/c1-6-23-16-22(28-7-2,29-8-3)18-11-12-24-21(13-18)25-15-17-9-10-19(26-4)14-20(17)27-5;1-4-15-10-13(17-5-2,18-6-3)11-7-8-16-12(14)9-11/h9-14,23H,6-8,15-16H2,1-5H3,(H,24,25);7-9,15H,4-6,10H2,1-3H3. The van der Waals surface area contributed by atoms with Crippen LogP contribution < -0.4 is 25.4 Å². The monoisotopic (exact) mass is 675 g/mol. The molecule has 0 unspecified atom stereocenters. The maximum Gasteiger partial charge on any atom is 0.207 e. The molecule has 2 aromatic heterocycles. The Morgan fingerprint density at radius 1 is 0.660 bits per heavy atom. The van der Waals surface area contributed by atoms with Crippen LogP contribution in [0.2, 0.25) is 5.15 Å². The van der Waals surface area contributed by atoms with Gasteiger partial charge in [-0.3, -0.25) is 0 Å². The maximum atomic E-state index is 6.06. The SMILES string of the molecule is CCNCC(OCC)(OCC)c1ccnc(Cl)c1.CCNCC(OCC)(OCC)c1ccnc(NCc2ccc(OC)cc2OC)c1. The van der Waals surface area contributed by atoms with Crippen molar-refractivity contribution in [3.05, 3.63) is 76.7 Å². The van der Waals surface area contributed by atoms with Gasteiger partial charge in [-0.05, 0) is 77.2 Å². The van der Waals surface area contributed by atoms with Crippen molar-refractivity contribution in [1.29, 1.82) is 0 Å². The molecule has 1 aromatic carbocycles. The van der Waals surface area contributed by atoms with Crippen LogP contribution >= 0.6 is 11.6 Å². The Kier molecular flexibility index (Phi) is 18.6. The molecule has 0 amide bonds. The predicted octanol–water partition coefficient (Wildman–Crippen LogP) is 6.12. The molecule has 0 radical (unpaired) electrons. The second-order valence-electron chi connectivity index (χ2n) is 10.1. The van der Waals surface area contributed by atoms with Crippen molar-refractivity contribution < 1.29 is 28.4 Å². The molecule has 0 atom stereocenters. The summed E-state index contributed by atoms with van der Waals surface area (Å²) >= 11 is 5.94. The molecule has 262 valence electrons. The van der Waals surface area contributed by atoms with Crippen molar-refractivity contribution in [2.75, 3.05) is 72.1 Å². The Hall–Kier alpha value is -3.03. The molecule has 0 saturated heterocycles. The third-order valence-electron chi connectivity index (χ3n) is 7.05. The van der Waals surface area contributed by atoms with Gasteiger partial charge in [-0.2, -0.15) is 0 Å². The van der Waals surface area contributed by atoms with Gasteiger partial charge in [0.25, 0.3) is 0 Å². The summed E-state index contributed by atoms with van der Waals surface area (Å²) in [6.45, 7) is 17.5. The van der Waals surface area contributed by atoms with E-state index in [9.17, 15) is 0 Å². The van der Waals surface area contributed by atoms with Crippen LogP contribution in [0.5, 0.6) is 11.5 Å². The van der Waals surface area contributed by atoms with Gasteiger partial charge in [0.05, 0.1) is 27.3 Å². The van der Waals surface area contributed by atoms with E-state index in [0.717, 1.165) is 47.1 Å². The minimum Gasteiger partial charge on any atom is -0.497 e. The summed E-state index contributed by atoms with van der Waals surface area (Å²) < 4.78 is 34.5. The minimum absolute atomic E-state index is 0.438. The Morgan fingerprint density at radius 2 is 1.19 bits per heavy atom. The van der Waals surface area contributed by atoms with Gasteiger partial charge in [0.1, 0.15) is 22.5 Å². The van der Waals surface area contributed by atoms with Gasteiger partial charge in [0, 0.05) is 68.1 Å². The third-order valence-corrected chi connectivity index (χ3v) is 7.25. The van der Waals surface area contributed by atoms with E-state index in [1.807, 2.05) is 71.0 Å². The number of hydrogen-bond acceptors (Lipinski definition) is 11. The molecule has 0 aliphatic carbocycles. The summed E-state index contributed by atoms with van der Waals surface area (Å²) in [6.07, 6.45) is 3.43. The van der Waals surface area contributed by atoms with Crippen molar-refractivity contribution in [2.24, 2.45) is 0 Å². The average molecular weight is 676 g/mol. The molecule has 0 aliphatic heterocycles. The number of nitrogens with one attached hydrogen (secondary N) is 3. The van der Waals surface area contributed by atoms with Crippen molar-refractivity contribution in [3.63, 3.8) is 0 Å². The first-order valence-corrected chi connectivity index (χ1v) is 16.7.